The minimum absolute atomic E-state index is 0.0941. The molecule has 0 spiro atoms. The molecule has 1 rings (SSSR count). The zero-order valence-corrected chi connectivity index (χ0v) is 6.32. The third kappa shape index (κ3) is 1.77. The van der Waals surface area contributed by atoms with Gasteiger partial charge in [-0.3, -0.25) is 4.79 Å². The SMILES string of the molecule is N[C@H]1CCCN(CC=O)C1=O. The molecule has 0 unspecified atom stereocenters. The predicted octanol–water partition coefficient (Wildman–Crippen LogP) is -0.865. The smallest absolute Gasteiger partial charge is 0.239 e. The number of nitrogens with zero attached hydrogens (tertiary/aromatic N) is 1. The Kier molecular flexibility index (Phi) is 2.59. The second-order valence-electron chi connectivity index (χ2n) is 2.70. The topological polar surface area (TPSA) is 63.4 Å². The summed E-state index contributed by atoms with van der Waals surface area (Å²) in [6, 6.07) is -0.385. The van der Waals surface area contributed by atoms with Crippen molar-refractivity contribution in [2.24, 2.45) is 5.73 Å². The molecular formula is C7H12N2O2. The lowest BCUT2D eigenvalue weighted by atomic mass is 10.1. The lowest BCUT2D eigenvalue weighted by molar-refractivity contribution is -0.136. The zero-order valence-electron chi connectivity index (χ0n) is 6.32. The maximum Gasteiger partial charge on any atom is 0.239 e. The van der Waals surface area contributed by atoms with Gasteiger partial charge in [0.15, 0.2) is 0 Å². The summed E-state index contributed by atoms with van der Waals surface area (Å²) in [5, 5.41) is 0. The first kappa shape index (κ1) is 8.20. The molecule has 1 atom stereocenters. The Bertz CT molecular complexity index is 170. The number of hydrogen-bond acceptors (Lipinski definition) is 3. The summed E-state index contributed by atoms with van der Waals surface area (Å²) < 4.78 is 0. The Labute approximate surface area is 65.3 Å². The van der Waals surface area contributed by atoms with Gasteiger partial charge in [-0.25, -0.2) is 0 Å². The van der Waals surface area contributed by atoms with E-state index < -0.39 is 0 Å². The minimum Gasteiger partial charge on any atom is -0.334 e. The van der Waals surface area contributed by atoms with Crippen molar-refractivity contribution in [3.63, 3.8) is 0 Å². The van der Waals surface area contributed by atoms with Crippen molar-refractivity contribution in [3.05, 3.63) is 0 Å². The summed E-state index contributed by atoms with van der Waals surface area (Å²) in [6.45, 7) is 0.859. The summed E-state index contributed by atoms with van der Waals surface area (Å²) in [5.41, 5.74) is 5.49. The molecule has 0 bridgehead atoms. The van der Waals surface area contributed by atoms with Crippen LogP contribution in [0.1, 0.15) is 12.8 Å². The highest BCUT2D eigenvalue weighted by Gasteiger charge is 2.24. The van der Waals surface area contributed by atoms with Gasteiger partial charge in [-0.1, -0.05) is 0 Å². The molecule has 0 aromatic rings. The van der Waals surface area contributed by atoms with Crippen LogP contribution in [0.5, 0.6) is 0 Å². The highest BCUT2D eigenvalue weighted by atomic mass is 16.2. The van der Waals surface area contributed by atoms with E-state index in [4.69, 9.17) is 5.73 Å². The van der Waals surface area contributed by atoms with Crippen molar-refractivity contribution in [3.8, 4) is 0 Å². The fraction of sp³-hybridized carbons (Fsp3) is 0.714. The number of hydrogen-bond donors (Lipinski definition) is 1. The molecule has 0 radical (unpaired) electrons. The Morgan fingerprint density at radius 1 is 1.73 bits per heavy atom. The van der Waals surface area contributed by atoms with E-state index in [2.05, 4.69) is 0 Å². The van der Waals surface area contributed by atoms with Crippen LogP contribution in [-0.4, -0.2) is 36.2 Å². The van der Waals surface area contributed by atoms with Crippen LogP contribution in [0.3, 0.4) is 0 Å². The molecule has 1 heterocycles. The van der Waals surface area contributed by atoms with Gasteiger partial charge in [0.25, 0.3) is 0 Å². The van der Waals surface area contributed by atoms with Gasteiger partial charge in [0.05, 0.1) is 12.6 Å². The van der Waals surface area contributed by atoms with E-state index in [0.29, 0.717) is 6.54 Å². The van der Waals surface area contributed by atoms with Crippen molar-refractivity contribution >= 4 is 12.2 Å². The molecule has 0 saturated carbocycles. The van der Waals surface area contributed by atoms with Crippen LogP contribution in [-0.2, 0) is 9.59 Å². The standard InChI is InChI=1S/C7H12N2O2/c8-6-2-1-3-9(4-5-10)7(6)11/h5-6H,1-4,8H2/t6-/m0/s1. The number of aldehydes is 1. The Morgan fingerprint density at radius 2 is 2.45 bits per heavy atom. The summed E-state index contributed by atoms with van der Waals surface area (Å²) >= 11 is 0. The number of rotatable bonds is 2. The Morgan fingerprint density at radius 3 is 3.09 bits per heavy atom. The van der Waals surface area contributed by atoms with Crippen molar-refractivity contribution in [2.45, 2.75) is 18.9 Å². The van der Waals surface area contributed by atoms with E-state index in [1.54, 1.807) is 0 Å². The van der Waals surface area contributed by atoms with Gasteiger partial charge in [-0.2, -0.15) is 0 Å². The average Bonchev–Trinajstić information content (AvgIpc) is 1.99. The van der Waals surface area contributed by atoms with Crippen LogP contribution in [0.2, 0.25) is 0 Å². The molecule has 0 aromatic carbocycles. The molecule has 1 saturated heterocycles. The molecule has 2 N–H and O–H groups in total. The molecule has 1 aliphatic rings. The maximum atomic E-state index is 11.2. The molecule has 11 heavy (non-hydrogen) atoms. The first-order valence-corrected chi connectivity index (χ1v) is 3.73. The number of likely N-dealkylation sites (tertiary alicyclic amines) is 1. The molecule has 0 aromatic heterocycles. The van der Waals surface area contributed by atoms with Gasteiger partial charge in [0.1, 0.15) is 6.29 Å². The van der Waals surface area contributed by atoms with Gasteiger partial charge < -0.3 is 15.4 Å². The van der Waals surface area contributed by atoms with Crippen LogP contribution in [0.15, 0.2) is 0 Å². The molecule has 62 valence electrons. The Hall–Kier alpha value is -0.900. The van der Waals surface area contributed by atoms with E-state index in [9.17, 15) is 9.59 Å². The van der Waals surface area contributed by atoms with Gasteiger partial charge >= 0.3 is 0 Å². The van der Waals surface area contributed by atoms with Crippen LogP contribution in [0, 0.1) is 0 Å². The highest BCUT2D eigenvalue weighted by molar-refractivity contribution is 5.84. The number of carbonyl (C=O) groups excluding carboxylic acids is 2. The molecule has 1 aliphatic heterocycles. The number of carbonyl (C=O) groups is 2. The first-order chi connectivity index (χ1) is 5.25. The van der Waals surface area contributed by atoms with Crippen LogP contribution in [0.4, 0.5) is 0 Å². The number of amides is 1. The fourth-order valence-electron chi connectivity index (χ4n) is 1.24. The number of piperidine rings is 1. The normalized spacial score (nSPS) is 25.4. The predicted molar refractivity (Wildman–Crippen MR) is 39.9 cm³/mol. The van der Waals surface area contributed by atoms with E-state index in [1.807, 2.05) is 0 Å². The monoisotopic (exact) mass is 156 g/mol. The van der Waals surface area contributed by atoms with Crippen LogP contribution >= 0.6 is 0 Å². The molecule has 0 aliphatic carbocycles. The van der Waals surface area contributed by atoms with Gasteiger partial charge in [-0.15, -0.1) is 0 Å². The number of nitrogens with two attached hydrogens (primary N) is 1. The summed E-state index contributed by atoms with van der Waals surface area (Å²) in [4.78, 5) is 22.7. The van der Waals surface area contributed by atoms with Gasteiger partial charge in [0.2, 0.25) is 5.91 Å². The molecule has 1 amide bonds. The summed E-state index contributed by atoms with van der Waals surface area (Å²) in [7, 11) is 0. The summed E-state index contributed by atoms with van der Waals surface area (Å²) in [5.74, 6) is -0.0941. The largest absolute Gasteiger partial charge is 0.334 e. The van der Waals surface area contributed by atoms with Crippen LogP contribution < -0.4 is 5.73 Å². The second-order valence-corrected chi connectivity index (χ2v) is 2.70. The molecule has 4 heteroatoms. The van der Waals surface area contributed by atoms with E-state index >= 15 is 0 Å². The highest BCUT2D eigenvalue weighted by Crippen LogP contribution is 2.08. The quantitative estimate of drug-likeness (QED) is 0.529. The Balaban J connectivity index is 2.51. The van der Waals surface area contributed by atoms with Crippen LogP contribution in [0.25, 0.3) is 0 Å². The minimum atomic E-state index is -0.385. The average molecular weight is 156 g/mol. The zero-order chi connectivity index (χ0) is 8.27. The molecule has 4 nitrogen and oxygen atoms in total. The van der Waals surface area contributed by atoms with Gasteiger partial charge in [-0.05, 0) is 12.8 Å². The van der Waals surface area contributed by atoms with Crippen molar-refractivity contribution in [1.82, 2.24) is 4.90 Å². The maximum absolute atomic E-state index is 11.2. The lowest BCUT2D eigenvalue weighted by Gasteiger charge is -2.28. The first-order valence-electron chi connectivity index (χ1n) is 3.73. The van der Waals surface area contributed by atoms with E-state index in [-0.39, 0.29) is 18.5 Å². The third-order valence-electron chi connectivity index (χ3n) is 1.87. The van der Waals surface area contributed by atoms with Crippen molar-refractivity contribution in [2.75, 3.05) is 13.1 Å². The fourth-order valence-corrected chi connectivity index (χ4v) is 1.24. The van der Waals surface area contributed by atoms with Gasteiger partial charge in [0, 0.05) is 6.54 Å². The second kappa shape index (κ2) is 3.48. The lowest BCUT2D eigenvalue weighted by Crippen LogP contribution is -2.48. The van der Waals surface area contributed by atoms with Crippen molar-refractivity contribution in [1.29, 1.82) is 0 Å². The van der Waals surface area contributed by atoms with E-state index in [0.717, 1.165) is 19.1 Å². The third-order valence-corrected chi connectivity index (χ3v) is 1.87. The van der Waals surface area contributed by atoms with Crippen molar-refractivity contribution < 1.29 is 9.59 Å². The van der Waals surface area contributed by atoms with E-state index in [1.165, 1.54) is 4.90 Å². The molecule has 1 fully saturated rings. The summed E-state index contributed by atoms with van der Waals surface area (Å²) in [6.07, 6.45) is 2.38. The molecular weight excluding hydrogens is 144 g/mol.